The Morgan fingerprint density at radius 1 is 1.19 bits per heavy atom. The summed E-state index contributed by atoms with van der Waals surface area (Å²) in [7, 11) is 1.46. The summed E-state index contributed by atoms with van der Waals surface area (Å²) in [5, 5.41) is 15.0. The van der Waals surface area contributed by atoms with Crippen LogP contribution in [-0.2, 0) is 17.3 Å². The highest BCUT2D eigenvalue weighted by atomic mass is 35.5. The van der Waals surface area contributed by atoms with E-state index < -0.39 is 11.1 Å². The van der Waals surface area contributed by atoms with E-state index in [1.165, 1.54) is 17.7 Å². The van der Waals surface area contributed by atoms with E-state index in [0.29, 0.717) is 0 Å². The molecule has 26 heavy (non-hydrogen) atoms. The number of aryl methyl sites for hydroxylation is 1. The molecule has 3 aliphatic carbocycles. The summed E-state index contributed by atoms with van der Waals surface area (Å²) < 4.78 is 7.91. The number of hydrogen-bond acceptors (Lipinski definition) is 6. The standard InChI is InChI=1S/C17H19ClN4O4/c1-20-14(24)10-6-11(23)22(15(25)12(10)13(18)19-20)17-7-16(8-17,9-17)21-2-4-26-5-3-21/h6,25H,2-5,7-9H2,1H3. The van der Waals surface area contributed by atoms with Gasteiger partial charge < -0.3 is 9.84 Å². The van der Waals surface area contributed by atoms with E-state index >= 15 is 0 Å². The first kappa shape index (κ1) is 16.3. The van der Waals surface area contributed by atoms with Crippen LogP contribution in [0.1, 0.15) is 19.3 Å². The van der Waals surface area contributed by atoms with Gasteiger partial charge in [-0.05, 0) is 19.3 Å². The first-order valence-corrected chi connectivity index (χ1v) is 9.10. The van der Waals surface area contributed by atoms with Crippen LogP contribution in [0, 0.1) is 0 Å². The molecule has 1 N–H and O–H groups in total. The molecule has 4 aliphatic rings. The predicted octanol–water partition coefficient (Wildman–Crippen LogP) is 0.418. The summed E-state index contributed by atoms with van der Waals surface area (Å²) in [6.45, 7) is 3.28. The molecule has 0 atom stereocenters. The Morgan fingerprint density at radius 3 is 2.50 bits per heavy atom. The molecule has 3 heterocycles. The number of rotatable bonds is 2. The number of fused-ring (bicyclic) bond motifs is 1. The molecule has 0 unspecified atom stereocenters. The van der Waals surface area contributed by atoms with Gasteiger partial charge in [-0.3, -0.25) is 19.1 Å². The van der Waals surface area contributed by atoms with Crippen LogP contribution >= 0.6 is 11.6 Å². The van der Waals surface area contributed by atoms with Crippen LogP contribution < -0.4 is 11.1 Å². The molecule has 138 valence electrons. The zero-order chi connectivity index (χ0) is 18.3. The highest BCUT2D eigenvalue weighted by Gasteiger charge is 2.72. The van der Waals surface area contributed by atoms with Crippen LogP contribution in [0.25, 0.3) is 10.8 Å². The van der Waals surface area contributed by atoms with E-state index in [1.807, 2.05) is 0 Å². The minimum absolute atomic E-state index is 0.0165. The van der Waals surface area contributed by atoms with Gasteiger partial charge in [-0.15, -0.1) is 0 Å². The van der Waals surface area contributed by atoms with Crippen molar-refractivity contribution in [1.29, 1.82) is 0 Å². The lowest BCUT2D eigenvalue weighted by Gasteiger charge is -2.74. The van der Waals surface area contributed by atoms with Gasteiger partial charge in [-0.2, -0.15) is 5.10 Å². The van der Waals surface area contributed by atoms with Crippen molar-refractivity contribution in [3.8, 4) is 5.88 Å². The molecule has 4 fully saturated rings. The molecular formula is C17H19ClN4O4. The molecule has 0 spiro atoms. The van der Waals surface area contributed by atoms with Crippen LogP contribution in [0.4, 0.5) is 0 Å². The minimum Gasteiger partial charge on any atom is -0.494 e. The fourth-order valence-electron chi connectivity index (χ4n) is 5.12. The Balaban J connectivity index is 1.58. The highest BCUT2D eigenvalue weighted by molar-refractivity contribution is 6.34. The molecule has 8 nitrogen and oxygen atoms in total. The number of aromatic hydroxyl groups is 1. The van der Waals surface area contributed by atoms with Crippen LogP contribution in [0.15, 0.2) is 15.7 Å². The summed E-state index contributed by atoms with van der Waals surface area (Å²) in [6, 6.07) is 1.27. The second kappa shape index (κ2) is 5.09. The van der Waals surface area contributed by atoms with Crippen molar-refractivity contribution in [2.45, 2.75) is 30.3 Å². The molecule has 0 aromatic carbocycles. The lowest BCUT2D eigenvalue weighted by molar-refractivity contribution is -0.222. The van der Waals surface area contributed by atoms with Gasteiger partial charge in [0.15, 0.2) is 5.15 Å². The summed E-state index contributed by atoms with van der Waals surface area (Å²) in [6.07, 6.45) is 2.44. The molecule has 2 aromatic rings. The smallest absolute Gasteiger partial charge is 0.274 e. The van der Waals surface area contributed by atoms with Crippen molar-refractivity contribution >= 4 is 22.4 Å². The third-order valence-electron chi connectivity index (χ3n) is 6.29. The molecule has 3 saturated carbocycles. The fourth-order valence-corrected chi connectivity index (χ4v) is 5.42. The summed E-state index contributed by atoms with van der Waals surface area (Å²) in [5.41, 5.74) is -1.10. The van der Waals surface area contributed by atoms with Gasteiger partial charge in [0.25, 0.3) is 11.1 Å². The molecule has 0 radical (unpaired) electrons. The number of nitrogens with zero attached hydrogens (tertiary/aromatic N) is 4. The molecule has 0 amide bonds. The number of hydrogen-bond donors (Lipinski definition) is 1. The van der Waals surface area contributed by atoms with Crippen molar-refractivity contribution in [3.05, 3.63) is 31.9 Å². The Labute approximate surface area is 153 Å². The van der Waals surface area contributed by atoms with E-state index in [4.69, 9.17) is 16.3 Å². The third kappa shape index (κ3) is 1.89. The van der Waals surface area contributed by atoms with Crippen molar-refractivity contribution < 1.29 is 9.84 Å². The summed E-state index contributed by atoms with van der Waals surface area (Å²) >= 11 is 6.17. The maximum Gasteiger partial charge on any atom is 0.274 e. The molecular weight excluding hydrogens is 360 g/mol. The van der Waals surface area contributed by atoms with Crippen LogP contribution in [-0.4, -0.2) is 56.2 Å². The van der Waals surface area contributed by atoms with E-state index in [2.05, 4.69) is 10.00 Å². The number of halogens is 1. The number of ether oxygens (including phenoxy) is 1. The molecule has 1 aliphatic heterocycles. The van der Waals surface area contributed by atoms with Gasteiger partial charge in [0.2, 0.25) is 5.88 Å². The van der Waals surface area contributed by atoms with Gasteiger partial charge in [-0.1, -0.05) is 11.6 Å². The van der Waals surface area contributed by atoms with Gasteiger partial charge >= 0.3 is 0 Å². The summed E-state index contributed by atoms with van der Waals surface area (Å²) in [4.78, 5) is 27.4. The zero-order valence-electron chi connectivity index (χ0n) is 14.4. The molecule has 6 rings (SSSR count). The van der Waals surface area contributed by atoms with Crippen LogP contribution in [0.5, 0.6) is 5.88 Å². The fraction of sp³-hybridized carbons (Fsp3) is 0.588. The van der Waals surface area contributed by atoms with Crippen molar-refractivity contribution in [2.24, 2.45) is 7.05 Å². The Kier molecular flexibility index (Phi) is 3.19. The Bertz CT molecular complexity index is 1030. The molecule has 2 bridgehead atoms. The predicted molar refractivity (Wildman–Crippen MR) is 94.9 cm³/mol. The van der Waals surface area contributed by atoms with Crippen molar-refractivity contribution in [3.63, 3.8) is 0 Å². The first-order chi connectivity index (χ1) is 12.4. The van der Waals surface area contributed by atoms with Crippen molar-refractivity contribution in [2.75, 3.05) is 26.3 Å². The van der Waals surface area contributed by atoms with E-state index in [9.17, 15) is 14.7 Å². The van der Waals surface area contributed by atoms with E-state index in [1.54, 1.807) is 0 Å². The molecule has 2 aromatic heterocycles. The second-order valence-corrected chi connectivity index (χ2v) is 8.09. The quantitative estimate of drug-likeness (QED) is 0.814. The number of aromatic nitrogens is 3. The van der Waals surface area contributed by atoms with Crippen LogP contribution in [0.3, 0.4) is 0 Å². The lowest BCUT2D eigenvalue weighted by Crippen LogP contribution is -2.80. The SMILES string of the molecule is Cn1nc(Cl)c2c(O)n(C34CC(N5CCOCC5)(C3)C4)c(=O)cc2c1=O. The Hall–Kier alpha value is -1.90. The van der Waals surface area contributed by atoms with Gasteiger partial charge in [-0.25, -0.2) is 4.68 Å². The maximum absolute atomic E-state index is 12.7. The second-order valence-electron chi connectivity index (χ2n) is 7.73. The van der Waals surface area contributed by atoms with Gasteiger partial charge in [0.1, 0.15) is 0 Å². The van der Waals surface area contributed by atoms with Crippen LogP contribution in [0.2, 0.25) is 5.15 Å². The number of pyridine rings is 1. The zero-order valence-corrected chi connectivity index (χ0v) is 15.1. The van der Waals surface area contributed by atoms with Gasteiger partial charge in [0.05, 0.1) is 29.5 Å². The first-order valence-electron chi connectivity index (χ1n) is 8.72. The van der Waals surface area contributed by atoms with Gasteiger partial charge in [0, 0.05) is 31.7 Å². The van der Waals surface area contributed by atoms with E-state index in [-0.39, 0.29) is 32.9 Å². The highest BCUT2D eigenvalue weighted by Crippen LogP contribution is 2.68. The Morgan fingerprint density at radius 2 is 1.85 bits per heavy atom. The monoisotopic (exact) mass is 378 g/mol. The molecule has 9 heteroatoms. The topological polar surface area (TPSA) is 89.6 Å². The van der Waals surface area contributed by atoms with E-state index in [0.717, 1.165) is 50.2 Å². The average Bonchev–Trinajstić information content (AvgIpc) is 2.53. The number of morpholine rings is 1. The average molecular weight is 379 g/mol. The largest absolute Gasteiger partial charge is 0.494 e. The normalized spacial score (nSPS) is 30.8. The third-order valence-corrected chi connectivity index (χ3v) is 6.56. The molecule has 1 saturated heterocycles. The van der Waals surface area contributed by atoms with Crippen molar-refractivity contribution in [1.82, 2.24) is 19.2 Å². The minimum atomic E-state index is -0.452. The maximum atomic E-state index is 12.7. The summed E-state index contributed by atoms with van der Waals surface area (Å²) in [5.74, 6) is -0.252. The lowest BCUT2D eigenvalue weighted by atomic mass is 9.43.